The van der Waals surface area contributed by atoms with Gasteiger partial charge in [-0.1, -0.05) is 58.3 Å². The predicted octanol–water partition coefficient (Wildman–Crippen LogP) is 2.61. The van der Waals surface area contributed by atoms with E-state index in [4.69, 9.17) is 19.6 Å². The summed E-state index contributed by atoms with van der Waals surface area (Å²) in [5, 5.41) is -2.48. The Bertz CT molecular complexity index is 514. The first-order valence-corrected chi connectivity index (χ1v) is 13.4. The summed E-state index contributed by atoms with van der Waals surface area (Å²) in [6.07, 6.45) is 8.76. The summed E-state index contributed by atoms with van der Waals surface area (Å²) in [7, 11) is -14.3. The lowest BCUT2D eigenvalue weighted by Crippen LogP contribution is -2.23. The van der Waals surface area contributed by atoms with Gasteiger partial charge in [0.05, 0.1) is 11.5 Å². The molecule has 0 atom stereocenters. The van der Waals surface area contributed by atoms with Crippen LogP contribution >= 0.6 is 15.2 Å². The largest absolute Gasteiger partial charge is 0.341 e. The lowest BCUT2D eigenvalue weighted by molar-refractivity contribution is 0.342. The van der Waals surface area contributed by atoms with Crippen molar-refractivity contribution >= 4 is 25.0 Å². The summed E-state index contributed by atoms with van der Waals surface area (Å²) >= 11 is 0. The molecule has 0 radical (unpaired) electrons. The smallest absolute Gasteiger partial charge is 0.324 e. The second-order valence-corrected chi connectivity index (χ2v) is 12.3. The maximum atomic E-state index is 11.9. The van der Waals surface area contributed by atoms with E-state index in [-0.39, 0.29) is 5.75 Å². The molecule has 0 saturated heterocycles. The quantitative estimate of drug-likeness (QED) is 0.253. The van der Waals surface area contributed by atoms with Gasteiger partial charge in [-0.3, -0.25) is 9.13 Å². The molecule has 0 rings (SSSR count). The van der Waals surface area contributed by atoms with Crippen LogP contribution in [0.3, 0.4) is 0 Å². The van der Waals surface area contributed by atoms with E-state index >= 15 is 0 Å². The number of sulfone groups is 1. The molecule has 0 heterocycles. The average Bonchev–Trinajstić information content (AvgIpc) is 2.41. The predicted molar refractivity (Wildman–Crippen MR) is 93.8 cm³/mol. The third kappa shape index (κ3) is 11.7. The molecule has 0 aliphatic rings. The van der Waals surface area contributed by atoms with Crippen LogP contribution < -0.4 is 0 Å². The highest BCUT2D eigenvalue weighted by molar-refractivity contribution is 7.92. The first-order valence-electron chi connectivity index (χ1n) is 8.21. The fraction of sp³-hybridized carbons (Fsp3) is 1.00. The zero-order valence-corrected chi connectivity index (χ0v) is 16.7. The Labute approximate surface area is 144 Å². The fourth-order valence-electron chi connectivity index (χ4n) is 2.33. The molecule has 146 valence electrons. The van der Waals surface area contributed by atoms with Crippen LogP contribution in [0.4, 0.5) is 0 Å². The second kappa shape index (κ2) is 11.1. The Morgan fingerprint density at radius 3 is 1.50 bits per heavy atom. The number of rotatable bonds is 14. The topological polar surface area (TPSA) is 149 Å². The summed E-state index contributed by atoms with van der Waals surface area (Å²) in [5.41, 5.74) is 0. The Morgan fingerprint density at radius 1 is 0.750 bits per heavy atom. The van der Waals surface area contributed by atoms with Crippen LogP contribution in [0.5, 0.6) is 0 Å². The van der Waals surface area contributed by atoms with E-state index in [0.717, 1.165) is 19.3 Å². The zero-order valence-electron chi connectivity index (χ0n) is 14.1. The molecule has 0 saturated carbocycles. The van der Waals surface area contributed by atoms with Gasteiger partial charge in [-0.2, -0.15) is 0 Å². The van der Waals surface area contributed by atoms with E-state index in [1.807, 2.05) is 0 Å². The highest BCUT2D eigenvalue weighted by Gasteiger charge is 2.45. The standard InChI is InChI=1S/C13H30O8P2S/c1-2-3-4-5-6-7-8-9-10-11-24(20,21)12-13(22(14,15)16)23(17,18)19/h13H,2-12H2,1H3,(H2,14,15,16)(H2,17,18,19). The van der Waals surface area contributed by atoms with E-state index < -0.39 is 36.2 Å². The van der Waals surface area contributed by atoms with Crippen LogP contribution in [-0.4, -0.2) is 44.9 Å². The normalized spacial score (nSPS) is 13.6. The molecule has 8 nitrogen and oxygen atoms in total. The van der Waals surface area contributed by atoms with Crippen molar-refractivity contribution in [2.24, 2.45) is 0 Å². The molecule has 0 aliphatic heterocycles. The third-order valence-electron chi connectivity index (χ3n) is 3.74. The molecule has 0 aromatic carbocycles. The first-order chi connectivity index (χ1) is 10.9. The van der Waals surface area contributed by atoms with Crippen molar-refractivity contribution in [2.45, 2.75) is 70.1 Å². The van der Waals surface area contributed by atoms with E-state index in [0.29, 0.717) is 12.8 Å². The molecule has 0 aromatic rings. The van der Waals surface area contributed by atoms with Crippen LogP contribution in [-0.2, 0) is 19.0 Å². The van der Waals surface area contributed by atoms with Crippen LogP contribution in [0.25, 0.3) is 0 Å². The van der Waals surface area contributed by atoms with Gasteiger partial charge in [-0.25, -0.2) is 8.42 Å². The van der Waals surface area contributed by atoms with Gasteiger partial charge in [-0.05, 0) is 6.42 Å². The van der Waals surface area contributed by atoms with Gasteiger partial charge in [-0.15, -0.1) is 0 Å². The molecule has 0 bridgehead atoms. The van der Waals surface area contributed by atoms with E-state index in [1.54, 1.807) is 0 Å². The monoisotopic (exact) mass is 408 g/mol. The van der Waals surface area contributed by atoms with Crippen molar-refractivity contribution in [3.8, 4) is 0 Å². The Balaban J connectivity index is 4.18. The first kappa shape index (κ1) is 24.2. The summed E-state index contributed by atoms with van der Waals surface area (Å²) in [6, 6.07) is 0. The Morgan fingerprint density at radius 2 is 1.12 bits per heavy atom. The van der Waals surface area contributed by atoms with E-state index in [2.05, 4.69) is 6.92 Å². The van der Waals surface area contributed by atoms with Gasteiger partial charge in [0.1, 0.15) is 0 Å². The Kier molecular flexibility index (Phi) is 11.2. The van der Waals surface area contributed by atoms with Gasteiger partial charge < -0.3 is 19.6 Å². The molecule has 11 heteroatoms. The summed E-state index contributed by atoms with van der Waals surface area (Å²) in [6.45, 7) is 2.14. The number of unbranched alkanes of at least 4 members (excludes halogenated alkanes) is 8. The molecular formula is C13H30O8P2S. The molecule has 0 spiro atoms. The van der Waals surface area contributed by atoms with Crippen LogP contribution in [0.2, 0.25) is 0 Å². The lowest BCUT2D eigenvalue weighted by atomic mass is 10.1. The van der Waals surface area contributed by atoms with Crippen molar-refractivity contribution in [1.29, 1.82) is 0 Å². The SMILES string of the molecule is CCCCCCCCCCCS(=O)(=O)CC(P(=O)(O)O)P(=O)(O)O. The zero-order chi connectivity index (χ0) is 18.9. The highest BCUT2D eigenvalue weighted by Crippen LogP contribution is 2.60. The third-order valence-corrected chi connectivity index (χ3v) is 9.71. The highest BCUT2D eigenvalue weighted by atomic mass is 32.2. The van der Waals surface area contributed by atoms with Crippen molar-refractivity contribution in [2.75, 3.05) is 11.5 Å². The van der Waals surface area contributed by atoms with Crippen molar-refractivity contribution in [3.05, 3.63) is 0 Å². The molecule has 0 unspecified atom stereocenters. The summed E-state index contributed by atoms with van der Waals surface area (Å²) < 4.78 is 45.9. The van der Waals surface area contributed by atoms with Gasteiger partial charge in [0.15, 0.2) is 15.2 Å². The molecule has 0 aliphatic carbocycles. The Hall–Kier alpha value is 0.250. The van der Waals surface area contributed by atoms with Crippen LogP contribution in [0, 0.1) is 0 Å². The minimum atomic E-state index is -5.20. The molecule has 24 heavy (non-hydrogen) atoms. The minimum absolute atomic E-state index is 0.320. The minimum Gasteiger partial charge on any atom is -0.324 e. The van der Waals surface area contributed by atoms with Gasteiger partial charge >= 0.3 is 15.2 Å². The van der Waals surface area contributed by atoms with Crippen molar-refractivity contribution in [3.63, 3.8) is 0 Å². The van der Waals surface area contributed by atoms with E-state index in [9.17, 15) is 17.5 Å². The molecule has 4 N–H and O–H groups in total. The average molecular weight is 408 g/mol. The van der Waals surface area contributed by atoms with Crippen LogP contribution in [0.15, 0.2) is 0 Å². The maximum absolute atomic E-state index is 11.9. The lowest BCUT2D eigenvalue weighted by Gasteiger charge is -2.19. The van der Waals surface area contributed by atoms with Crippen LogP contribution in [0.1, 0.15) is 64.7 Å². The van der Waals surface area contributed by atoms with Crippen molar-refractivity contribution in [1.82, 2.24) is 0 Å². The van der Waals surface area contributed by atoms with Crippen molar-refractivity contribution < 1.29 is 37.1 Å². The summed E-state index contributed by atoms with van der Waals surface area (Å²) in [5.74, 6) is -1.52. The number of hydrogen-bond acceptors (Lipinski definition) is 4. The van der Waals surface area contributed by atoms with E-state index in [1.165, 1.54) is 25.7 Å². The van der Waals surface area contributed by atoms with Gasteiger partial charge in [0.2, 0.25) is 0 Å². The fourth-order valence-corrected chi connectivity index (χ4v) is 8.08. The van der Waals surface area contributed by atoms with Gasteiger partial charge in [0.25, 0.3) is 0 Å². The molecule has 0 amide bonds. The van der Waals surface area contributed by atoms with Gasteiger partial charge in [0, 0.05) is 0 Å². The summed E-state index contributed by atoms with van der Waals surface area (Å²) in [4.78, 5) is 35.8. The molecule has 0 aromatic heterocycles. The molecular weight excluding hydrogens is 378 g/mol. The maximum Gasteiger partial charge on any atom is 0.341 e. The number of hydrogen-bond donors (Lipinski definition) is 4. The second-order valence-electron chi connectivity index (χ2n) is 6.10. The molecule has 0 fully saturated rings.